The monoisotopic (exact) mass is 361 g/mol. The van der Waals surface area contributed by atoms with Crippen molar-refractivity contribution in [3.63, 3.8) is 0 Å². The number of carbonyl (C=O) groups excluding carboxylic acids is 2. The van der Waals surface area contributed by atoms with Gasteiger partial charge in [0.05, 0.1) is 12.1 Å². The fourth-order valence-electron chi connectivity index (χ4n) is 3.02. The Balaban J connectivity index is 1.63. The van der Waals surface area contributed by atoms with Gasteiger partial charge in [0, 0.05) is 23.6 Å². The van der Waals surface area contributed by atoms with E-state index < -0.39 is 0 Å². The van der Waals surface area contributed by atoms with Crippen LogP contribution in [-0.2, 0) is 11.3 Å². The Hall–Kier alpha value is -3.34. The van der Waals surface area contributed by atoms with Crippen molar-refractivity contribution in [1.29, 1.82) is 0 Å². The molecule has 0 aliphatic heterocycles. The van der Waals surface area contributed by atoms with Crippen LogP contribution in [0.5, 0.6) is 0 Å². The van der Waals surface area contributed by atoms with Crippen LogP contribution in [0, 0.1) is 13.8 Å². The van der Waals surface area contributed by atoms with Gasteiger partial charge in [-0.2, -0.15) is 0 Å². The number of anilines is 1. The number of carbonyl (C=O) groups is 2. The van der Waals surface area contributed by atoms with Gasteiger partial charge in [0.1, 0.15) is 0 Å². The van der Waals surface area contributed by atoms with Crippen LogP contribution in [0.4, 0.5) is 5.69 Å². The Morgan fingerprint density at radius 2 is 1.56 bits per heavy atom. The molecule has 0 unspecified atom stereocenters. The molecule has 0 aliphatic rings. The van der Waals surface area contributed by atoms with Crippen molar-refractivity contribution in [3.8, 4) is 0 Å². The van der Waals surface area contributed by atoms with E-state index in [-0.39, 0.29) is 18.4 Å². The summed E-state index contributed by atoms with van der Waals surface area (Å²) in [6, 6.07) is 21.1. The van der Waals surface area contributed by atoms with Gasteiger partial charge in [-0.25, -0.2) is 0 Å². The zero-order chi connectivity index (χ0) is 19.2. The number of aryl methyl sites for hydroxylation is 1. The third kappa shape index (κ3) is 4.64. The second kappa shape index (κ2) is 8.36. The molecule has 3 aromatic rings. The first kappa shape index (κ1) is 18.5. The summed E-state index contributed by atoms with van der Waals surface area (Å²) < 4.78 is 2.11. The molecule has 0 atom stereocenters. The Kier molecular flexibility index (Phi) is 5.71. The van der Waals surface area contributed by atoms with E-state index in [0.29, 0.717) is 17.8 Å². The average molecular weight is 361 g/mol. The summed E-state index contributed by atoms with van der Waals surface area (Å²) in [6.45, 7) is 4.54. The molecule has 0 aliphatic carbocycles. The fraction of sp³-hybridized carbons (Fsp3) is 0.182. The highest BCUT2D eigenvalue weighted by atomic mass is 16.2. The van der Waals surface area contributed by atoms with Crippen LogP contribution in [0.3, 0.4) is 0 Å². The molecule has 0 radical (unpaired) electrons. The largest absolute Gasteiger partial charge is 0.344 e. The lowest BCUT2D eigenvalue weighted by molar-refractivity contribution is -0.115. The normalized spacial score (nSPS) is 10.4. The van der Waals surface area contributed by atoms with Crippen LogP contribution in [0.15, 0.2) is 66.7 Å². The number of aromatic nitrogens is 1. The predicted molar refractivity (Wildman–Crippen MR) is 107 cm³/mol. The van der Waals surface area contributed by atoms with E-state index in [4.69, 9.17) is 0 Å². The maximum absolute atomic E-state index is 12.5. The van der Waals surface area contributed by atoms with Crippen LogP contribution < -0.4 is 10.6 Å². The van der Waals surface area contributed by atoms with Crippen LogP contribution >= 0.6 is 0 Å². The van der Waals surface area contributed by atoms with Gasteiger partial charge in [-0.05, 0) is 37.6 Å². The van der Waals surface area contributed by atoms with Gasteiger partial charge in [0.2, 0.25) is 5.91 Å². The lowest BCUT2D eigenvalue weighted by Crippen LogP contribution is -2.33. The second-order valence-electron chi connectivity index (χ2n) is 6.45. The van der Waals surface area contributed by atoms with E-state index in [1.54, 1.807) is 12.1 Å². The van der Waals surface area contributed by atoms with Crippen molar-refractivity contribution in [1.82, 2.24) is 9.88 Å². The van der Waals surface area contributed by atoms with Crippen LogP contribution in [0.2, 0.25) is 0 Å². The molecule has 0 spiro atoms. The standard InChI is InChI=1S/C22H23N3O2/c1-16-13-20(17(2)25(16)15-18-9-5-3-6-10-18)22(27)23-14-21(26)24-19-11-7-4-8-12-19/h3-13H,14-15H2,1-2H3,(H,23,27)(H,24,26). The molecule has 1 aromatic heterocycles. The van der Waals surface area contributed by atoms with E-state index in [9.17, 15) is 9.59 Å². The molecule has 0 fully saturated rings. The lowest BCUT2D eigenvalue weighted by atomic mass is 10.2. The van der Waals surface area contributed by atoms with E-state index in [1.165, 1.54) is 5.56 Å². The lowest BCUT2D eigenvalue weighted by Gasteiger charge is -2.10. The minimum atomic E-state index is -0.257. The van der Waals surface area contributed by atoms with Gasteiger partial charge in [-0.15, -0.1) is 0 Å². The summed E-state index contributed by atoms with van der Waals surface area (Å²) in [4.78, 5) is 24.6. The summed E-state index contributed by atoms with van der Waals surface area (Å²) >= 11 is 0. The van der Waals surface area contributed by atoms with Crippen molar-refractivity contribution >= 4 is 17.5 Å². The molecule has 27 heavy (non-hydrogen) atoms. The Morgan fingerprint density at radius 1 is 0.926 bits per heavy atom. The SMILES string of the molecule is Cc1cc(C(=O)NCC(=O)Nc2ccccc2)c(C)n1Cc1ccccc1. The van der Waals surface area contributed by atoms with Gasteiger partial charge in [0.25, 0.3) is 5.91 Å². The van der Waals surface area contributed by atoms with Crippen LogP contribution in [0.1, 0.15) is 27.3 Å². The predicted octanol–water partition coefficient (Wildman–Crippen LogP) is 3.52. The topological polar surface area (TPSA) is 63.1 Å². The van der Waals surface area contributed by atoms with Gasteiger partial charge >= 0.3 is 0 Å². The second-order valence-corrected chi connectivity index (χ2v) is 6.45. The van der Waals surface area contributed by atoms with E-state index >= 15 is 0 Å². The maximum atomic E-state index is 12.5. The van der Waals surface area contributed by atoms with Crippen molar-refractivity contribution in [2.45, 2.75) is 20.4 Å². The summed E-state index contributed by atoms with van der Waals surface area (Å²) in [5.41, 5.74) is 4.37. The average Bonchev–Trinajstić information content (AvgIpc) is 2.96. The Morgan fingerprint density at radius 3 is 2.22 bits per heavy atom. The quantitative estimate of drug-likeness (QED) is 0.706. The van der Waals surface area contributed by atoms with Gasteiger partial charge in [-0.3, -0.25) is 9.59 Å². The van der Waals surface area contributed by atoms with Crippen molar-refractivity contribution in [2.24, 2.45) is 0 Å². The number of nitrogens with zero attached hydrogens (tertiary/aromatic N) is 1. The smallest absolute Gasteiger partial charge is 0.253 e. The van der Waals surface area contributed by atoms with Crippen molar-refractivity contribution < 1.29 is 9.59 Å². The molecule has 1 heterocycles. The van der Waals surface area contributed by atoms with Crippen LogP contribution in [0.25, 0.3) is 0 Å². The van der Waals surface area contributed by atoms with E-state index in [0.717, 1.165) is 11.4 Å². The minimum absolute atomic E-state index is 0.0733. The first-order valence-electron chi connectivity index (χ1n) is 8.88. The van der Waals surface area contributed by atoms with Crippen LogP contribution in [-0.4, -0.2) is 22.9 Å². The highest BCUT2D eigenvalue weighted by Gasteiger charge is 2.16. The summed E-state index contributed by atoms with van der Waals surface area (Å²) in [6.07, 6.45) is 0. The Bertz CT molecular complexity index is 931. The summed E-state index contributed by atoms with van der Waals surface area (Å²) in [5, 5.41) is 5.45. The molecule has 2 N–H and O–H groups in total. The number of rotatable bonds is 6. The molecule has 0 bridgehead atoms. The highest BCUT2D eigenvalue weighted by molar-refractivity contribution is 6.00. The maximum Gasteiger partial charge on any atom is 0.253 e. The zero-order valence-corrected chi connectivity index (χ0v) is 15.5. The number of hydrogen-bond acceptors (Lipinski definition) is 2. The zero-order valence-electron chi connectivity index (χ0n) is 15.5. The first-order chi connectivity index (χ1) is 13.0. The molecular weight excluding hydrogens is 338 g/mol. The number of amides is 2. The number of benzene rings is 2. The molecule has 3 rings (SSSR count). The number of hydrogen-bond donors (Lipinski definition) is 2. The number of nitrogens with one attached hydrogen (secondary N) is 2. The molecule has 138 valence electrons. The minimum Gasteiger partial charge on any atom is -0.344 e. The fourth-order valence-corrected chi connectivity index (χ4v) is 3.02. The van der Waals surface area contributed by atoms with Gasteiger partial charge in [-0.1, -0.05) is 48.5 Å². The third-order valence-electron chi connectivity index (χ3n) is 4.47. The first-order valence-corrected chi connectivity index (χ1v) is 8.88. The van der Waals surface area contributed by atoms with Crippen molar-refractivity contribution in [2.75, 3.05) is 11.9 Å². The third-order valence-corrected chi connectivity index (χ3v) is 4.47. The van der Waals surface area contributed by atoms with E-state index in [2.05, 4.69) is 27.3 Å². The molecule has 0 saturated carbocycles. The molecule has 0 saturated heterocycles. The molecule has 5 heteroatoms. The molecule has 2 amide bonds. The molecule has 2 aromatic carbocycles. The van der Waals surface area contributed by atoms with Crippen molar-refractivity contribution in [3.05, 3.63) is 89.2 Å². The van der Waals surface area contributed by atoms with Gasteiger partial charge in [0.15, 0.2) is 0 Å². The van der Waals surface area contributed by atoms with E-state index in [1.807, 2.05) is 56.3 Å². The Labute approximate surface area is 159 Å². The highest BCUT2D eigenvalue weighted by Crippen LogP contribution is 2.17. The number of para-hydroxylation sites is 1. The molecule has 5 nitrogen and oxygen atoms in total. The molecular formula is C22H23N3O2. The summed E-state index contributed by atoms with van der Waals surface area (Å²) in [5.74, 6) is -0.502. The van der Waals surface area contributed by atoms with Gasteiger partial charge < -0.3 is 15.2 Å². The summed E-state index contributed by atoms with van der Waals surface area (Å²) in [7, 11) is 0.